The third-order valence-electron chi connectivity index (χ3n) is 6.56. The maximum absolute atomic E-state index is 13.7. The van der Waals surface area contributed by atoms with Gasteiger partial charge < -0.3 is 10.2 Å². The first-order valence-electron chi connectivity index (χ1n) is 11.3. The molecule has 35 heavy (non-hydrogen) atoms. The number of carbonyl (C=O) groups excluding carboxylic acids is 1. The Morgan fingerprint density at radius 1 is 1.06 bits per heavy atom. The largest absolute Gasteiger partial charge is 0.417 e. The topological polar surface area (TPSA) is 83.9 Å². The summed E-state index contributed by atoms with van der Waals surface area (Å²) in [6.07, 6.45) is 0.924. The van der Waals surface area contributed by atoms with Crippen LogP contribution >= 0.6 is 0 Å². The number of amides is 1. The first-order chi connectivity index (χ1) is 16.7. The van der Waals surface area contributed by atoms with Crippen molar-refractivity contribution >= 4 is 11.7 Å². The van der Waals surface area contributed by atoms with Gasteiger partial charge in [0.2, 0.25) is 0 Å². The molecule has 2 bridgehead atoms. The molecule has 5 heterocycles. The van der Waals surface area contributed by atoms with Crippen LogP contribution < -0.4 is 5.32 Å². The lowest BCUT2D eigenvalue weighted by Crippen LogP contribution is -2.60. The molecule has 1 saturated carbocycles. The van der Waals surface area contributed by atoms with Gasteiger partial charge in [-0.25, -0.2) is 24.3 Å². The van der Waals surface area contributed by atoms with Gasteiger partial charge in [-0.15, -0.1) is 0 Å². The van der Waals surface area contributed by atoms with Crippen molar-refractivity contribution in [1.29, 1.82) is 0 Å². The van der Waals surface area contributed by atoms with Crippen molar-refractivity contribution in [2.45, 2.75) is 44.4 Å². The highest BCUT2D eigenvalue weighted by Crippen LogP contribution is 2.38. The van der Waals surface area contributed by atoms with Gasteiger partial charge >= 0.3 is 6.18 Å². The van der Waals surface area contributed by atoms with E-state index in [0.717, 1.165) is 43.9 Å². The number of fused-ring (bicyclic) bond motifs is 3. The van der Waals surface area contributed by atoms with Crippen molar-refractivity contribution in [3.05, 3.63) is 65.6 Å². The Morgan fingerprint density at radius 3 is 2.49 bits per heavy atom. The number of piperidine rings is 2. The quantitative estimate of drug-likeness (QED) is 0.547. The second-order valence-electron chi connectivity index (χ2n) is 8.96. The number of aryl methyl sites for hydroxylation is 1. The molecule has 1 N–H and O–H groups in total. The maximum atomic E-state index is 13.7. The smallest absolute Gasteiger partial charge is 0.365 e. The first kappa shape index (κ1) is 23.1. The van der Waals surface area contributed by atoms with Crippen LogP contribution in [0.2, 0.25) is 0 Å². The Kier molecular flexibility index (Phi) is 5.86. The van der Waals surface area contributed by atoms with Crippen molar-refractivity contribution < 1.29 is 22.4 Å². The number of hydrogen-bond donors (Lipinski definition) is 1. The van der Waals surface area contributed by atoms with E-state index in [1.165, 1.54) is 6.07 Å². The van der Waals surface area contributed by atoms with Crippen molar-refractivity contribution in [3.63, 3.8) is 0 Å². The van der Waals surface area contributed by atoms with Gasteiger partial charge in [0.25, 0.3) is 5.91 Å². The summed E-state index contributed by atoms with van der Waals surface area (Å²) in [5.74, 6) is -0.0876. The molecule has 11 heteroatoms. The van der Waals surface area contributed by atoms with Crippen LogP contribution in [0.5, 0.6) is 0 Å². The summed E-state index contributed by atoms with van der Waals surface area (Å²) in [4.78, 5) is 31.9. The average molecular weight is 486 g/mol. The predicted octanol–water partition coefficient (Wildman–Crippen LogP) is 4.51. The Balaban J connectivity index is 1.40. The third kappa shape index (κ3) is 4.67. The van der Waals surface area contributed by atoms with E-state index in [1.54, 1.807) is 24.0 Å². The van der Waals surface area contributed by atoms with Crippen LogP contribution in [0.25, 0.3) is 11.4 Å². The zero-order valence-corrected chi connectivity index (χ0v) is 18.8. The number of nitrogens with one attached hydrogen (secondary N) is 1. The molecule has 0 spiro atoms. The molecule has 0 aromatic carbocycles. The Labute approximate surface area is 198 Å². The molecule has 7 nitrogen and oxygen atoms in total. The fourth-order valence-electron chi connectivity index (χ4n) is 4.91. The molecular formula is C24H22F4N6O. The Bertz CT molecular complexity index is 1230. The molecule has 3 aromatic heterocycles. The molecule has 2 saturated heterocycles. The average Bonchev–Trinajstić information content (AvgIpc) is 2.84. The monoisotopic (exact) mass is 486 g/mol. The number of carbonyl (C=O) groups is 1. The summed E-state index contributed by atoms with van der Waals surface area (Å²) in [7, 11) is 0. The van der Waals surface area contributed by atoms with Gasteiger partial charge in [0.05, 0.1) is 29.6 Å². The fourth-order valence-corrected chi connectivity index (χ4v) is 4.91. The second-order valence-corrected chi connectivity index (χ2v) is 8.96. The Morgan fingerprint density at radius 2 is 1.83 bits per heavy atom. The molecule has 2 aliphatic heterocycles. The number of nitrogens with zero attached hydrogens (tertiary/aromatic N) is 5. The van der Waals surface area contributed by atoms with Crippen molar-refractivity contribution in [2.24, 2.45) is 5.92 Å². The van der Waals surface area contributed by atoms with E-state index >= 15 is 0 Å². The first-order valence-corrected chi connectivity index (χ1v) is 11.3. The van der Waals surface area contributed by atoms with Gasteiger partial charge in [0.15, 0.2) is 11.6 Å². The van der Waals surface area contributed by atoms with E-state index < -0.39 is 17.6 Å². The highest BCUT2D eigenvalue weighted by atomic mass is 19.4. The number of alkyl halides is 3. The molecule has 3 fully saturated rings. The third-order valence-corrected chi connectivity index (χ3v) is 6.56. The standard InChI is InChI=1S/C24H22F4N6O/c1-13-2-5-17(22-30-10-16(25)11-31-22)21(32-13)23(35)34-12-14-3-6-19(34)18(8-14)33-20-7-4-15(9-29-20)24(26,27)28/h2,4-5,7,9-11,14,18-19H,3,6,8,12H2,1H3,(H,29,33)/t14-,18-,19+/m1/s1. The number of anilines is 1. The summed E-state index contributed by atoms with van der Waals surface area (Å²) in [5.41, 5.74) is 0.433. The zero-order chi connectivity index (χ0) is 24.7. The van der Waals surface area contributed by atoms with E-state index in [9.17, 15) is 22.4 Å². The van der Waals surface area contributed by atoms with E-state index in [1.807, 2.05) is 0 Å². The molecule has 3 aliphatic rings. The fraction of sp³-hybridized carbons (Fsp3) is 0.375. The lowest BCUT2D eigenvalue weighted by Gasteiger charge is -2.50. The molecule has 1 amide bonds. The normalized spacial score (nSPS) is 21.7. The van der Waals surface area contributed by atoms with Gasteiger partial charge in [0.1, 0.15) is 11.5 Å². The summed E-state index contributed by atoms with van der Waals surface area (Å²) < 4.78 is 51.9. The summed E-state index contributed by atoms with van der Waals surface area (Å²) in [5, 5.41) is 3.23. The number of pyridine rings is 2. The highest BCUT2D eigenvalue weighted by molar-refractivity contribution is 5.98. The Hall–Kier alpha value is -3.63. The van der Waals surface area contributed by atoms with Gasteiger partial charge in [-0.2, -0.15) is 13.2 Å². The maximum Gasteiger partial charge on any atom is 0.417 e. The molecule has 3 aromatic rings. The number of rotatable bonds is 4. The molecule has 6 rings (SSSR count). The molecule has 0 unspecified atom stereocenters. The van der Waals surface area contributed by atoms with Gasteiger partial charge in [-0.1, -0.05) is 0 Å². The van der Waals surface area contributed by atoms with Crippen LogP contribution in [0.4, 0.5) is 23.4 Å². The van der Waals surface area contributed by atoms with Crippen molar-refractivity contribution in [2.75, 3.05) is 11.9 Å². The number of hydrogen-bond acceptors (Lipinski definition) is 6. The summed E-state index contributed by atoms with van der Waals surface area (Å²) in [6, 6.07) is 5.40. The van der Waals surface area contributed by atoms with Crippen LogP contribution in [-0.4, -0.2) is 49.4 Å². The summed E-state index contributed by atoms with van der Waals surface area (Å²) >= 11 is 0. The zero-order valence-electron chi connectivity index (χ0n) is 18.8. The SMILES string of the molecule is Cc1ccc(-c2ncc(F)cn2)c(C(=O)N2C[C@@H]3CC[C@H]2[C@H](Nc2ccc(C(F)(F)F)cn2)C3)n1. The summed E-state index contributed by atoms with van der Waals surface area (Å²) in [6.45, 7) is 2.33. The highest BCUT2D eigenvalue weighted by Gasteiger charge is 2.44. The van der Waals surface area contributed by atoms with E-state index in [-0.39, 0.29) is 35.4 Å². The van der Waals surface area contributed by atoms with Gasteiger partial charge in [-0.3, -0.25) is 4.79 Å². The lowest BCUT2D eigenvalue weighted by molar-refractivity contribution is -0.137. The van der Waals surface area contributed by atoms with E-state index in [2.05, 4.69) is 25.3 Å². The minimum absolute atomic E-state index is 0.161. The molecule has 1 aliphatic carbocycles. The predicted molar refractivity (Wildman–Crippen MR) is 119 cm³/mol. The lowest BCUT2D eigenvalue weighted by atomic mass is 9.76. The van der Waals surface area contributed by atoms with Crippen molar-refractivity contribution in [1.82, 2.24) is 24.8 Å². The molecular weight excluding hydrogens is 464 g/mol. The molecule has 3 atom stereocenters. The van der Waals surface area contributed by atoms with Crippen LogP contribution in [0.1, 0.15) is 41.0 Å². The number of halogens is 4. The minimum Gasteiger partial charge on any atom is -0.365 e. The van der Waals surface area contributed by atoms with Crippen molar-refractivity contribution in [3.8, 4) is 11.4 Å². The van der Waals surface area contributed by atoms with Crippen LogP contribution in [-0.2, 0) is 6.18 Å². The van der Waals surface area contributed by atoms with Crippen LogP contribution in [0.15, 0.2) is 42.9 Å². The molecule has 182 valence electrons. The van der Waals surface area contributed by atoms with Gasteiger partial charge in [-0.05, 0) is 56.4 Å². The van der Waals surface area contributed by atoms with Crippen LogP contribution in [0.3, 0.4) is 0 Å². The van der Waals surface area contributed by atoms with E-state index in [4.69, 9.17) is 0 Å². The number of aromatic nitrogens is 4. The second kappa shape index (κ2) is 8.86. The van der Waals surface area contributed by atoms with E-state index in [0.29, 0.717) is 23.6 Å². The molecule has 0 radical (unpaired) electrons. The van der Waals surface area contributed by atoms with Gasteiger partial charge in [0, 0.05) is 24.5 Å². The van der Waals surface area contributed by atoms with Crippen LogP contribution in [0, 0.1) is 18.7 Å². The minimum atomic E-state index is -4.45.